The number of furan rings is 1. The second-order valence-corrected chi connectivity index (χ2v) is 5.39. The van der Waals surface area contributed by atoms with Crippen molar-refractivity contribution in [3.05, 3.63) is 53.5 Å². The van der Waals surface area contributed by atoms with E-state index in [9.17, 15) is 4.79 Å². The number of carbonyl (C=O) groups excluding carboxylic acids is 1. The number of amides is 1. The van der Waals surface area contributed by atoms with Crippen molar-refractivity contribution in [2.24, 2.45) is 5.10 Å². The third kappa shape index (κ3) is 3.36. The number of hydrogen-bond acceptors (Lipinski definition) is 4. The van der Waals surface area contributed by atoms with Gasteiger partial charge in [0.1, 0.15) is 11.5 Å². The summed E-state index contributed by atoms with van der Waals surface area (Å²) in [5.41, 5.74) is 4.27. The third-order valence-electron chi connectivity index (χ3n) is 3.72. The number of nitrogens with zero attached hydrogens (tertiary/aromatic N) is 2. The van der Waals surface area contributed by atoms with Crippen molar-refractivity contribution in [3.8, 4) is 0 Å². The van der Waals surface area contributed by atoms with Gasteiger partial charge in [-0.3, -0.25) is 4.79 Å². The first-order valence-corrected chi connectivity index (χ1v) is 7.47. The lowest BCUT2D eigenvalue weighted by atomic mass is 10.2. The summed E-state index contributed by atoms with van der Waals surface area (Å²) in [5, 5.41) is 3.90. The molecule has 1 N–H and O–H groups in total. The predicted molar refractivity (Wildman–Crippen MR) is 86.4 cm³/mol. The molecule has 5 heteroatoms. The molecule has 1 aliphatic rings. The molecule has 1 aromatic heterocycles. The molecule has 1 saturated heterocycles. The van der Waals surface area contributed by atoms with Crippen molar-refractivity contribution in [3.63, 3.8) is 0 Å². The molecule has 0 saturated carbocycles. The van der Waals surface area contributed by atoms with Crippen LogP contribution in [0.5, 0.6) is 0 Å². The van der Waals surface area contributed by atoms with Crippen LogP contribution in [-0.2, 0) is 0 Å². The van der Waals surface area contributed by atoms with E-state index in [1.807, 2.05) is 37.3 Å². The number of carbonyl (C=O) groups is 1. The highest BCUT2D eigenvalue weighted by molar-refractivity contribution is 5.95. The van der Waals surface area contributed by atoms with Crippen molar-refractivity contribution >= 4 is 17.8 Å². The van der Waals surface area contributed by atoms with Crippen LogP contribution in [0.4, 0.5) is 5.69 Å². The molecule has 0 radical (unpaired) electrons. The predicted octanol–water partition coefficient (Wildman–Crippen LogP) is 2.95. The van der Waals surface area contributed by atoms with Crippen LogP contribution in [-0.4, -0.2) is 25.2 Å². The van der Waals surface area contributed by atoms with Gasteiger partial charge in [-0.2, -0.15) is 5.10 Å². The standard InChI is InChI=1S/C17H19N3O2/c1-13-4-9-16(22-13)12-18-19-17(21)14-5-7-15(8-6-14)20-10-2-3-11-20/h4-9,12H,2-3,10-11H2,1H3,(H,19,21)/b18-12-. The molecule has 1 fully saturated rings. The summed E-state index contributed by atoms with van der Waals surface area (Å²) in [6.07, 6.45) is 3.97. The topological polar surface area (TPSA) is 57.8 Å². The summed E-state index contributed by atoms with van der Waals surface area (Å²) in [6.45, 7) is 4.05. The Labute approximate surface area is 129 Å². The van der Waals surface area contributed by atoms with Gasteiger partial charge >= 0.3 is 0 Å². The summed E-state index contributed by atoms with van der Waals surface area (Å²) in [5.74, 6) is 1.19. The average Bonchev–Trinajstić information content (AvgIpc) is 3.19. The second kappa shape index (κ2) is 6.47. The SMILES string of the molecule is Cc1ccc(/C=N\NC(=O)c2ccc(N3CCCC3)cc2)o1. The number of rotatable bonds is 4. The Bertz CT molecular complexity index is 667. The maximum absolute atomic E-state index is 12.0. The third-order valence-corrected chi connectivity index (χ3v) is 3.72. The van der Waals surface area contributed by atoms with Crippen LogP contribution in [0.1, 0.15) is 34.7 Å². The zero-order chi connectivity index (χ0) is 15.4. The molecule has 22 heavy (non-hydrogen) atoms. The number of aryl methyl sites for hydroxylation is 1. The molecule has 0 atom stereocenters. The lowest BCUT2D eigenvalue weighted by Gasteiger charge is -2.17. The molecule has 1 aliphatic heterocycles. The molecule has 2 aromatic rings. The summed E-state index contributed by atoms with van der Waals surface area (Å²) < 4.78 is 5.34. The fourth-order valence-corrected chi connectivity index (χ4v) is 2.54. The van der Waals surface area contributed by atoms with Crippen molar-refractivity contribution in [1.82, 2.24) is 5.43 Å². The molecule has 114 valence electrons. The van der Waals surface area contributed by atoms with Crippen LogP contribution in [0, 0.1) is 6.92 Å². The minimum Gasteiger partial charge on any atom is -0.460 e. The average molecular weight is 297 g/mol. The highest BCUT2D eigenvalue weighted by atomic mass is 16.3. The number of hydrogen-bond donors (Lipinski definition) is 1. The Hall–Kier alpha value is -2.56. The quantitative estimate of drug-likeness (QED) is 0.697. The van der Waals surface area contributed by atoms with E-state index in [1.165, 1.54) is 24.7 Å². The van der Waals surface area contributed by atoms with Crippen LogP contribution >= 0.6 is 0 Å². The van der Waals surface area contributed by atoms with Gasteiger partial charge in [-0.25, -0.2) is 5.43 Å². The Balaban J connectivity index is 1.58. The number of benzene rings is 1. The molecule has 5 nitrogen and oxygen atoms in total. The van der Waals surface area contributed by atoms with Gasteiger partial charge in [0.05, 0.1) is 6.21 Å². The minimum absolute atomic E-state index is 0.229. The lowest BCUT2D eigenvalue weighted by Crippen LogP contribution is -2.19. The van der Waals surface area contributed by atoms with Gasteiger partial charge in [0.15, 0.2) is 0 Å². The molecule has 1 aromatic carbocycles. The molecular weight excluding hydrogens is 278 g/mol. The molecule has 0 bridgehead atoms. The smallest absolute Gasteiger partial charge is 0.271 e. The van der Waals surface area contributed by atoms with E-state index < -0.39 is 0 Å². The second-order valence-electron chi connectivity index (χ2n) is 5.39. The molecule has 0 unspecified atom stereocenters. The number of nitrogens with one attached hydrogen (secondary N) is 1. The van der Waals surface area contributed by atoms with Crippen LogP contribution in [0.25, 0.3) is 0 Å². The van der Waals surface area contributed by atoms with Gasteiger partial charge in [0.2, 0.25) is 0 Å². The summed E-state index contributed by atoms with van der Waals surface area (Å²) in [7, 11) is 0. The molecule has 0 spiro atoms. The maximum atomic E-state index is 12.0. The van der Waals surface area contributed by atoms with Crippen molar-refractivity contribution < 1.29 is 9.21 Å². The normalized spacial score (nSPS) is 14.7. The fourth-order valence-electron chi connectivity index (χ4n) is 2.54. The van der Waals surface area contributed by atoms with E-state index in [4.69, 9.17) is 4.42 Å². The maximum Gasteiger partial charge on any atom is 0.271 e. The molecule has 1 amide bonds. The lowest BCUT2D eigenvalue weighted by molar-refractivity contribution is 0.0955. The van der Waals surface area contributed by atoms with Gasteiger partial charge in [-0.1, -0.05) is 0 Å². The molecular formula is C17H19N3O2. The van der Waals surface area contributed by atoms with Gasteiger partial charge in [-0.05, 0) is 56.2 Å². The zero-order valence-corrected chi connectivity index (χ0v) is 12.6. The highest BCUT2D eigenvalue weighted by Crippen LogP contribution is 2.20. The van der Waals surface area contributed by atoms with Crippen LogP contribution in [0.3, 0.4) is 0 Å². The van der Waals surface area contributed by atoms with E-state index in [1.54, 1.807) is 6.07 Å². The van der Waals surface area contributed by atoms with Crippen molar-refractivity contribution in [2.45, 2.75) is 19.8 Å². The van der Waals surface area contributed by atoms with Gasteiger partial charge < -0.3 is 9.32 Å². The molecule has 2 heterocycles. The summed E-state index contributed by atoms with van der Waals surface area (Å²) >= 11 is 0. The Morgan fingerprint density at radius 3 is 2.55 bits per heavy atom. The van der Waals surface area contributed by atoms with Crippen LogP contribution in [0.15, 0.2) is 45.9 Å². The van der Waals surface area contributed by atoms with Gasteiger partial charge in [-0.15, -0.1) is 0 Å². The Morgan fingerprint density at radius 1 is 1.18 bits per heavy atom. The summed E-state index contributed by atoms with van der Waals surface area (Å²) in [6, 6.07) is 11.3. The van der Waals surface area contributed by atoms with Gasteiger partial charge in [0, 0.05) is 24.3 Å². The number of anilines is 1. The first kappa shape index (κ1) is 14.4. The van der Waals surface area contributed by atoms with Crippen molar-refractivity contribution in [2.75, 3.05) is 18.0 Å². The number of hydrazone groups is 1. The molecule has 3 rings (SSSR count). The van der Waals surface area contributed by atoms with E-state index in [2.05, 4.69) is 15.4 Å². The first-order chi connectivity index (χ1) is 10.7. The Morgan fingerprint density at radius 2 is 1.91 bits per heavy atom. The highest BCUT2D eigenvalue weighted by Gasteiger charge is 2.12. The largest absolute Gasteiger partial charge is 0.460 e. The fraction of sp³-hybridized carbons (Fsp3) is 0.294. The summed E-state index contributed by atoms with van der Waals surface area (Å²) in [4.78, 5) is 14.3. The van der Waals surface area contributed by atoms with Crippen LogP contribution in [0.2, 0.25) is 0 Å². The minimum atomic E-state index is -0.229. The van der Waals surface area contributed by atoms with Gasteiger partial charge in [0.25, 0.3) is 5.91 Å². The van der Waals surface area contributed by atoms with E-state index in [-0.39, 0.29) is 5.91 Å². The zero-order valence-electron chi connectivity index (χ0n) is 12.6. The van der Waals surface area contributed by atoms with Crippen LogP contribution < -0.4 is 10.3 Å². The monoisotopic (exact) mass is 297 g/mol. The first-order valence-electron chi connectivity index (χ1n) is 7.47. The van der Waals surface area contributed by atoms with Crippen molar-refractivity contribution in [1.29, 1.82) is 0 Å². The Kier molecular flexibility index (Phi) is 4.23. The van der Waals surface area contributed by atoms with E-state index in [0.29, 0.717) is 11.3 Å². The molecule has 0 aliphatic carbocycles. The van der Waals surface area contributed by atoms with E-state index >= 15 is 0 Å². The van der Waals surface area contributed by atoms with E-state index in [0.717, 1.165) is 18.8 Å².